The maximum Gasteiger partial charge on any atom is 0.203 e. The van der Waals surface area contributed by atoms with Crippen LogP contribution in [0.4, 0.5) is 0 Å². The van der Waals surface area contributed by atoms with Gasteiger partial charge in [-0.3, -0.25) is 19.2 Å². The zero-order chi connectivity index (χ0) is 32.5. The minimum atomic E-state index is -2.63. The number of Topliss-reactive ketones (excluding diaryl/α,β-unsaturated/α-hetero) is 4. The summed E-state index contributed by atoms with van der Waals surface area (Å²) >= 11 is 0. The van der Waals surface area contributed by atoms with Crippen LogP contribution in [0.3, 0.4) is 0 Å². The van der Waals surface area contributed by atoms with Gasteiger partial charge in [-0.25, -0.2) is 0 Å². The van der Waals surface area contributed by atoms with Gasteiger partial charge < -0.3 is 20.4 Å². The van der Waals surface area contributed by atoms with E-state index in [0.29, 0.717) is 30.4 Å². The molecule has 4 aliphatic carbocycles. The number of aryl methyl sites for hydroxylation is 2. The number of aliphatic hydroxyl groups excluding tert-OH is 2. The first-order valence-electron chi connectivity index (χ1n) is 16.1. The number of allylic oxidation sites excluding steroid dienone is 1. The van der Waals surface area contributed by atoms with Gasteiger partial charge in [0.1, 0.15) is 28.6 Å². The number of rotatable bonds is 7. The largest absolute Gasteiger partial charge is 0.508 e. The molecule has 4 aliphatic rings. The van der Waals surface area contributed by atoms with Crippen molar-refractivity contribution in [3.8, 4) is 5.75 Å². The van der Waals surface area contributed by atoms with Crippen molar-refractivity contribution in [2.45, 2.75) is 111 Å². The summed E-state index contributed by atoms with van der Waals surface area (Å²) in [5.74, 6) is -4.99. The Morgan fingerprint density at radius 2 is 1.66 bits per heavy atom. The zero-order valence-corrected chi connectivity index (χ0v) is 26.8. The first kappa shape index (κ1) is 32.1. The van der Waals surface area contributed by atoms with Gasteiger partial charge >= 0.3 is 0 Å². The van der Waals surface area contributed by atoms with Crippen LogP contribution in [-0.4, -0.2) is 49.2 Å². The van der Waals surface area contributed by atoms with Gasteiger partial charge in [0.25, 0.3) is 0 Å². The Bertz CT molecular complexity index is 1520. The monoisotopic (exact) mass is 606 g/mol. The molecule has 238 valence electrons. The lowest BCUT2D eigenvalue weighted by Crippen LogP contribution is -2.69. The highest BCUT2D eigenvalue weighted by molar-refractivity contribution is 6.24. The van der Waals surface area contributed by atoms with Gasteiger partial charge in [-0.2, -0.15) is 0 Å². The highest BCUT2D eigenvalue weighted by atomic mass is 16.3. The number of benzene rings is 1. The molecule has 2 saturated carbocycles. The second kappa shape index (κ2) is 11.0. The van der Waals surface area contributed by atoms with Crippen LogP contribution in [0.15, 0.2) is 23.0 Å². The van der Waals surface area contributed by atoms with Crippen molar-refractivity contribution in [3.63, 3.8) is 0 Å². The Kier molecular flexibility index (Phi) is 8.01. The predicted molar refractivity (Wildman–Crippen MR) is 165 cm³/mol. The van der Waals surface area contributed by atoms with E-state index < -0.39 is 56.8 Å². The van der Waals surface area contributed by atoms with E-state index in [1.165, 1.54) is 0 Å². The molecule has 1 aromatic carbocycles. The maximum atomic E-state index is 14.5. The van der Waals surface area contributed by atoms with Crippen LogP contribution >= 0.6 is 0 Å². The fourth-order valence-corrected chi connectivity index (χ4v) is 9.30. The van der Waals surface area contributed by atoms with Gasteiger partial charge in [0.15, 0.2) is 17.2 Å². The van der Waals surface area contributed by atoms with Crippen LogP contribution in [0.25, 0.3) is 5.76 Å². The van der Waals surface area contributed by atoms with Gasteiger partial charge in [-0.15, -0.1) is 0 Å². The molecule has 0 amide bonds. The van der Waals surface area contributed by atoms with E-state index in [1.54, 1.807) is 27.7 Å². The third-order valence-electron chi connectivity index (χ3n) is 11.3. The fraction of sp³-hybridized carbons (Fsp3) is 0.611. The van der Waals surface area contributed by atoms with Crippen molar-refractivity contribution < 1.29 is 39.6 Å². The molecule has 2 fully saturated rings. The summed E-state index contributed by atoms with van der Waals surface area (Å²) in [5.41, 5.74) is -3.79. The van der Waals surface area contributed by atoms with Gasteiger partial charge in [0, 0.05) is 34.7 Å². The summed E-state index contributed by atoms with van der Waals surface area (Å²) in [7, 11) is 0. The first-order chi connectivity index (χ1) is 20.5. The number of hydrogen-bond donors (Lipinski definition) is 4. The Hall–Kier alpha value is -3.26. The average molecular weight is 607 g/mol. The van der Waals surface area contributed by atoms with Gasteiger partial charge in [0.2, 0.25) is 5.78 Å². The lowest BCUT2D eigenvalue weighted by molar-refractivity contribution is -0.178. The SMILES string of the molecule is CCc1cc(CCC(=O)C2CCCCC2)c2c(c1O)C(O)=C1C(=O)[C@@]3(O)C(O)=C(C(C)=O)C(=O)C(C(C)C)[C@@]3(C)C[C@@]1(C)C2. The highest BCUT2D eigenvalue weighted by Crippen LogP contribution is 2.65. The molecule has 0 saturated heterocycles. The van der Waals surface area contributed by atoms with Crippen molar-refractivity contribution in [2.75, 3.05) is 0 Å². The number of carbonyl (C=O) groups excluding carboxylic acids is 4. The molecule has 1 unspecified atom stereocenters. The van der Waals surface area contributed by atoms with E-state index in [0.717, 1.165) is 44.6 Å². The van der Waals surface area contributed by atoms with Crippen molar-refractivity contribution in [2.24, 2.45) is 28.6 Å². The smallest absolute Gasteiger partial charge is 0.203 e. The van der Waals surface area contributed by atoms with E-state index in [1.807, 2.05) is 13.0 Å². The van der Waals surface area contributed by atoms with Crippen LogP contribution < -0.4 is 0 Å². The topological polar surface area (TPSA) is 149 Å². The van der Waals surface area contributed by atoms with Crippen LogP contribution in [0, 0.1) is 28.6 Å². The van der Waals surface area contributed by atoms with E-state index in [-0.39, 0.29) is 47.3 Å². The number of ketones is 4. The molecule has 0 radical (unpaired) electrons. The molecule has 0 aliphatic heterocycles. The summed E-state index contributed by atoms with van der Waals surface area (Å²) in [6.45, 7) is 9.96. The van der Waals surface area contributed by atoms with Crippen molar-refractivity contribution in [1.82, 2.24) is 0 Å². The van der Waals surface area contributed by atoms with Gasteiger partial charge in [-0.1, -0.05) is 59.9 Å². The number of hydrogen-bond acceptors (Lipinski definition) is 8. The van der Waals surface area contributed by atoms with Crippen LogP contribution in [0.1, 0.15) is 109 Å². The fourth-order valence-electron chi connectivity index (χ4n) is 9.30. The molecule has 0 bridgehead atoms. The number of carbonyl (C=O) groups is 4. The van der Waals surface area contributed by atoms with Gasteiger partial charge in [0.05, 0.1) is 5.56 Å². The lowest BCUT2D eigenvalue weighted by atomic mass is 9.43. The summed E-state index contributed by atoms with van der Waals surface area (Å²) in [6.07, 6.45) is 6.55. The first-order valence-corrected chi connectivity index (χ1v) is 16.1. The molecule has 5 rings (SSSR count). The molecule has 44 heavy (non-hydrogen) atoms. The Labute approximate surface area is 259 Å². The van der Waals surface area contributed by atoms with Gasteiger partial charge in [-0.05, 0) is 68.1 Å². The summed E-state index contributed by atoms with van der Waals surface area (Å²) in [4.78, 5) is 54.0. The molecule has 8 heteroatoms. The minimum absolute atomic E-state index is 0.0433. The normalized spacial score (nSPS) is 30.8. The van der Waals surface area contributed by atoms with Crippen LogP contribution in [0.2, 0.25) is 0 Å². The number of phenolic OH excluding ortho intramolecular Hbond substituents is 1. The molecule has 8 nitrogen and oxygen atoms in total. The predicted octanol–water partition coefficient (Wildman–Crippen LogP) is 5.83. The maximum absolute atomic E-state index is 14.5. The standard InChI is InChI=1S/C36H46O8/c1-7-20-15-22(13-14-24(38)21-11-9-8-10-12-21)23-16-34(5)17-35(6)27(18(2)3)30(40)25(19(4)37)32(42)36(35,44)33(43)28(34)31(41)26(23)29(20)39/h15,18,21,27,39,41-42,44H,7-14,16-17H2,1-6H3/t27?,34-,35-,36+/m1/s1. The molecule has 0 aromatic heterocycles. The number of aromatic hydroxyl groups is 1. The zero-order valence-electron chi connectivity index (χ0n) is 26.8. The second-order valence-corrected chi connectivity index (χ2v) is 14.5. The molecule has 1 aromatic rings. The summed E-state index contributed by atoms with van der Waals surface area (Å²) in [6, 6.07) is 1.89. The van der Waals surface area contributed by atoms with E-state index in [4.69, 9.17) is 0 Å². The van der Waals surface area contributed by atoms with E-state index in [9.17, 15) is 39.6 Å². The Morgan fingerprint density at radius 1 is 1.02 bits per heavy atom. The molecular weight excluding hydrogens is 560 g/mol. The van der Waals surface area contributed by atoms with Crippen LogP contribution in [-0.2, 0) is 38.4 Å². The summed E-state index contributed by atoms with van der Waals surface area (Å²) < 4.78 is 0. The third-order valence-corrected chi connectivity index (χ3v) is 11.3. The molecule has 0 spiro atoms. The molecule has 4 N–H and O–H groups in total. The molecule has 4 atom stereocenters. The number of fused-ring (bicyclic) bond motifs is 3. The quantitative estimate of drug-likeness (QED) is 0.283. The second-order valence-electron chi connectivity index (χ2n) is 14.5. The lowest BCUT2D eigenvalue weighted by Gasteiger charge is -2.59. The average Bonchev–Trinajstić information content (AvgIpc) is 2.94. The van der Waals surface area contributed by atoms with Crippen molar-refractivity contribution >= 4 is 28.9 Å². The molecule has 0 heterocycles. The molecular formula is C36H46O8. The Morgan fingerprint density at radius 3 is 2.23 bits per heavy atom. The van der Waals surface area contributed by atoms with E-state index in [2.05, 4.69) is 0 Å². The van der Waals surface area contributed by atoms with Crippen LogP contribution in [0.5, 0.6) is 5.75 Å². The van der Waals surface area contributed by atoms with Crippen molar-refractivity contribution in [3.05, 3.63) is 45.2 Å². The van der Waals surface area contributed by atoms with E-state index >= 15 is 0 Å². The van der Waals surface area contributed by atoms with Crippen molar-refractivity contribution in [1.29, 1.82) is 0 Å². The highest BCUT2D eigenvalue weighted by Gasteiger charge is 2.72. The number of phenols is 1. The number of aliphatic hydroxyl groups is 3. The minimum Gasteiger partial charge on any atom is -0.508 e. The summed E-state index contributed by atoms with van der Waals surface area (Å²) in [5, 5.41) is 46.8. The third kappa shape index (κ3) is 4.42. The Balaban J connectivity index is 1.69.